The fourth-order valence-corrected chi connectivity index (χ4v) is 3.65. The first kappa shape index (κ1) is 18.5. The van der Waals surface area contributed by atoms with Gasteiger partial charge < -0.3 is 9.08 Å². The summed E-state index contributed by atoms with van der Waals surface area (Å²) >= 11 is 12.2. The van der Waals surface area contributed by atoms with Gasteiger partial charge in [0, 0.05) is 18.8 Å². The van der Waals surface area contributed by atoms with Crippen LogP contribution in [0.25, 0.3) is 0 Å². The lowest BCUT2D eigenvalue weighted by Crippen LogP contribution is -2.41. The van der Waals surface area contributed by atoms with Crippen molar-refractivity contribution in [3.05, 3.63) is 23.8 Å². The summed E-state index contributed by atoms with van der Waals surface area (Å²) in [7, 11) is -5.68. The maximum Gasteiger partial charge on any atom is 0.534 e. The molecule has 1 aromatic rings. The Morgan fingerprint density at radius 1 is 1.22 bits per heavy atom. The molecule has 1 fully saturated rings. The van der Waals surface area contributed by atoms with Crippen molar-refractivity contribution in [1.29, 1.82) is 0 Å². The molecule has 1 aliphatic heterocycles. The van der Waals surface area contributed by atoms with Crippen LogP contribution in [0.1, 0.15) is 12.0 Å². The Hall–Kier alpha value is -0.860. The highest BCUT2D eigenvalue weighted by atomic mass is 35.5. The van der Waals surface area contributed by atoms with Crippen LogP contribution in [0.2, 0.25) is 0 Å². The third kappa shape index (κ3) is 4.36. The van der Waals surface area contributed by atoms with Crippen LogP contribution in [0.15, 0.2) is 18.2 Å². The zero-order valence-corrected chi connectivity index (χ0v) is 14.3. The Morgan fingerprint density at radius 3 is 2.26 bits per heavy atom. The summed E-state index contributed by atoms with van der Waals surface area (Å²) in [6.45, 7) is 2.56. The Morgan fingerprint density at radius 2 is 1.78 bits per heavy atom. The third-order valence-electron chi connectivity index (χ3n) is 3.36. The zero-order valence-electron chi connectivity index (χ0n) is 12.0. The number of aryl methyl sites for hydroxylation is 1. The molecule has 0 aliphatic carbocycles. The predicted molar refractivity (Wildman–Crippen MR) is 82.9 cm³/mol. The molecule has 2 rings (SSSR count). The summed E-state index contributed by atoms with van der Waals surface area (Å²) in [5, 5.41) is -0.263. The number of benzene rings is 1. The minimum atomic E-state index is -5.68. The second kappa shape index (κ2) is 6.57. The summed E-state index contributed by atoms with van der Waals surface area (Å²) < 4.78 is 63.3. The van der Waals surface area contributed by atoms with E-state index in [1.54, 1.807) is 6.07 Å². The van der Waals surface area contributed by atoms with Gasteiger partial charge in [-0.15, -0.1) is 23.2 Å². The van der Waals surface area contributed by atoms with E-state index < -0.39 is 15.6 Å². The topological polar surface area (TPSA) is 46.6 Å². The summed E-state index contributed by atoms with van der Waals surface area (Å²) in [6, 6.07) is 4.21. The molecule has 1 aliphatic rings. The van der Waals surface area contributed by atoms with Crippen molar-refractivity contribution in [2.75, 3.05) is 18.0 Å². The number of rotatable bonds is 3. The minimum absolute atomic E-state index is 0.131. The Kier molecular flexibility index (Phi) is 5.27. The maximum atomic E-state index is 12.4. The van der Waals surface area contributed by atoms with E-state index in [2.05, 4.69) is 4.18 Å². The molecule has 0 radical (unpaired) electrons. The Labute approximate surface area is 142 Å². The number of alkyl halides is 5. The van der Waals surface area contributed by atoms with E-state index >= 15 is 0 Å². The number of piperidine rings is 1. The number of hydrogen-bond donors (Lipinski definition) is 0. The first-order chi connectivity index (χ1) is 10.5. The van der Waals surface area contributed by atoms with Crippen LogP contribution in [-0.2, 0) is 10.1 Å². The second-order valence-electron chi connectivity index (χ2n) is 5.27. The van der Waals surface area contributed by atoms with Crippen LogP contribution < -0.4 is 9.08 Å². The molecule has 0 amide bonds. The third-order valence-corrected chi connectivity index (χ3v) is 4.95. The highest BCUT2D eigenvalue weighted by Crippen LogP contribution is 2.32. The molecule has 10 heteroatoms. The van der Waals surface area contributed by atoms with Crippen LogP contribution in [-0.4, -0.2) is 37.8 Å². The quantitative estimate of drug-likeness (QED) is 0.448. The van der Waals surface area contributed by atoms with E-state index in [-0.39, 0.29) is 22.1 Å². The highest BCUT2D eigenvalue weighted by Gasteiger charge is 2.48. The number of nitrogens with zero attached hydrogens (tertiary/aromatic N) is 1. The van der Waals surface area contributed by atoms with Gasteiger partial charge >= 0.3 is 15.6 Å². The molecular formula is C13H14Cl2F3NO3S. The molecule has 4 nitrogen and oxygen atoms in total. The lowest BCUT2D eigenvalue weighted by molar-refractivity contribution is -0.0500. The standard InChI is InChI=1S/C13H14Cl2F3NO3S/c1-8-4-11(19-6-9(14)5-10(15)7-19)2-3-12(8)22-23(20,21)13(16,17)18/h2-4,9-10H,5-7H2,1H3. The summed E-state index contributed by atoms with van der Waals surface area (Å²) in [5.74, 6) is -0.368. The van der Waals surface area contributed by atoms with Gasteiger partial charge in [0.1, 0.15) is 5.75 Å². The van der Waals surface area contributed by atoms with Gasteiger partial charge in [0.05, 0.1) is 10.8 Å². The molecule has 0 saturated carbocycles. The average Bonchev–Trinajstić information content (AvgIpc) is 2.38. The molecule has 0 N–H and O–H groups in total. The van der Waals surface area contributed by atoms with Crippen molar-refractivity contribution >= 4 is 39.0 Å². The minimum Gasteiger partial charge on any atom is -0.376 e. The molecule has 0 bridgehead atoms. The molecule has 1 aromatic carbocycles. The van der Waals surface area contributed by atoms with E-state index in [9.17, 15) is 21.6 Å². The summed E-state index contributed by atoms with van der Waals surface area (Å²) in [5.41, 5.74) is -4.52. The Balaban J connectivity index is 2.22. The van der Waals surface area contributed by atoms with Crippen LogP contribution in [0.4, 0.5) is 18.9 Å². The second-order valence-corrected chi connectivity index (χ2v) is 8.04. The first-order valence-electron chi connectivity index (χ1n) is 6.64. The van der Waals surface area contributed by atoms with Gasteiger partial charge in [-0.2, -0.15) is 21.6 Å². The van der Waals surface area contributed by atoms with Gasteiger partial charge in [-0.25, -0.2) is 0 Å². The maximum absolute atomic E-state index is 12.4. The van der Waals surface area contributed by atoms with Crippen molar-refractivity contribution < 1.29 is 25.8 Å². The van der Waals surface area contributed by atoms with Crippen molar-refractivity contribution in [2.24, 2.45) is 0 Å². The van der Waals surface area contributed by atoms with Crippen LogP contribution >= 0.6 is 23.2 Å². The lowest BCUT2D eigenvalue weighted by Gasteiger charge is -2.34. The monoisotopic (exact) mass is 391 g/mol. The number of hydrogen-bond acceptors (Lipinski definition) is 4. The van der Waals surface area contributed by atoms with Crippen LogP contribution in [0.3, 0.4) is 0 Å². The molecule has 1 heterocycles. The molecule has 0 spiro atoms. The van der Waals surface area contributed by atoms with Crippen LogP contribution in [0.5, 0.6) is 5.75 Å². The first-order valence-corrected chi connectivity index (χ1v) is 8.92. The summed E-state index contributed by atoms with van der Waals surface area (Å²) in [6.07, 6.45) is 0.670. The summed E-state index contributed by atoms with van der Waals surface area (Å²) in [4.78, 5) is 1.90. The van der Waals surface area contributed by atoms with E-state index in [1.807, 2.05) is 4.90 Å². The average molecular weight is 392 g/mol. The number of anilines is 1. The molecular weight excluding hydrogens is 378 g/mol. The lowest BCUT2D eigenvalue weighted by atomic mass is 10.1. The van der Waals surface area contributed by atoms with Gasteiger partial charge in [0.25, 0.3) is 0 Å². The van der Waals surface area contributed by atoms with Crippen molar-refractivity contribution in [2.45, 2.75) is 29.6 Å². The van der Waals surface area contributed by atoms with E-state index in [0.29, 0.717) is 25.2 Å². The van der Waals surface area contributed by atoms with Gasteiger partial charge in [0.2, 0.25) is 0 Å². The molecule has 0 aromatic heterocycles. The normalized spacial score (nSPS) is 23.0. The van der Waals surface area contributed by atoms with Gasteiger partial charge in [-0.1, -0.05) is 0 Å². The van der Waals surface area contributed by atoms with Crippen molar-refractivity contribution in [1.82, 2.24) is 0 Å². The molecule has 2 unspecified atom stereocenters. The van der Waals surface area contributed by atoms with E-state index in [1.165, 1.54) is 19.1 Å². The van der Waals surface area contributed by atoms with Crippen molar-refractivity contribution in [3.63, 3.8) is 0 Å². The van der Waals surface area contributed by atoms with Crippen LogP contribution in [0, 0.1) is 6.92 Å². The molecule has 130 valence electrons. The van der Waals surface area contributed by atoms with E-state index in [4.69, 9.17) is 23.2 Å². The fourth-order valence-electron chi connectivity index (χ4n) is 2.28. The highest BCUT2D eigenvalue weighted by molar-refractivity contribution is 7.88. The molecule has 2 atom stereocenters. The number of halogens is 5. The van der Waals surface area contributed by atoms with E-state index in [0.717, 1.165) is 0 Å². The van der Waals surface area contributed by atoms with Gasteiger partial charge in [-0.3, -0.25) is 0 Å². The van der Waals surface area contributed by atoms with Gasteiger partial charge in [0.15, 0.2) is 0 Å². The fraction of sp³-hybridized carbons (Fsp3) is 0.538. The molecule has 1 saturated heterocycles. The zero-order chi connectivity index (χ0) is 17.4. The SMILES string of the molecule is Cc1cc(N2CC(Cl)CC(Cl)C2)ccc1OS(=O)(=O)C(F)(F)F. The Bertz CT molecular complexity index is 672. The predicted octanol–water partition coefficient (Wildman–Crippen LogP) is 3.65. The van der Waals surface area contributed by atoms with Crippen molar-refractivity contribution in [3.8, 4) is 5.75 Å². The largest absolute Gasteiger partial charge is 0.534 e. The smallest absolute Gasteiger partial charge is 0.376 e. The molecule has 23 heavy (non-hydrogen) atoms. The van der Waals surface area contributed by atoms with Gasteiger partial charge in [-0.05, 0) is 37.1 Å².